The van der Waals surface area contributed by atoms with Crippen LogP contribution in [0.15, 0.2) is 17.1 Å². The Morgan fingerprint density at radius 3 is 2.36 bits per heavy atom. The van der Waals surface area contributed by atoms with Gasteiger partial charge in [-0.25, -0.2) is 4.99 Å². The van der Waals surface area contributed by atoms with Crippen molar-refractivity contribution in [2.45, 2.75) is 52.4 Å². The van der Waals surface area contributed by atoms with Gasteiger partial charge in [0.1, 0.15) is 5.75 Å². The second-order valence-corrected chi connectivity index (χ2v) is 7.77. The Hall–Kier alpha value is -1.75. The van der Waals surface area contributed by atoms with Crippen LogP contribution in [0.2, 0.25) is 0 Å². The lowest BCUT2D eigenvalue weighted by Gasteiger charge is -2.23. The third-order valence-electron chi connectivity index (χ3n) is 6.05. The summed E-state index contributed by atoms with van der Waals surface area (Å²) in [7, 11) is 0. The van der Waals surface area contributed by atoms with E-state index in [0.717, 1.165) is 42.3 Å². The van der Waals surface area contributed by atoms with E-state index in [-0.39, 0.29) is 0 Å². The zero-order valence-electron chi connectivity index (χ0n) is 15.5. The van der Waals surface area contributed by atoms with Gasteiger partial charge < -0.3 is 20.1 Å². The first kappa shape index (κ1) is 16.7. The number of phenolic OH excluding ortho intramolecular Hbond substituents is 1. The van der Waals surface area contributed by atoms with E-state index >= 15 is 0 Å². The number of rotatable bonds is 3. The highest BCUT2D eigenvalue weighted by Gasteiger charge is 2.53. The number of aryl methyl sites for hydroxylation is 2. The van der Waals surface area contributed by atoms with Gasteiger partial charge >= 0.3 is 0 Å². The first-order chi connectivity index (χ1) is 12.1. The molecule has 136 valence electrons. The largest absolute Gasteiger partial charge is 0.507 e. The van der Waals surface area contributed by atoms with E-state index < -0.39 is 0 Å². The molecule has 2 bridgehead atoms. The lowest BCUT2D eigenvalue weighted by Crippen LogP contribution is -2.41. The molecule has 5 heteroatoms. The fourth-order valence-corrected chi connectivity index (χ4v) is 4.86. The lowest BCUT2D eigenvalue weighted by atomic mass is 9.82. The van der Waals surface area contributed by atoms with Crippen LogP contribution >= 0.6 is 0 Å². The van der Waals surface area contributed by atoms with Crippen molar-refractivity contribution in [1.29, 1.82) is 0 Å². The van der Waals surface area contributed by atoms with Crippen LogP contribution in [-0.2, 0) is 11.3 Å². The molecule has 4 rings (SSSR count). The Kier molecular flexibility index (Phi) is 4.36. The molecule has 2 N–H and O–H groups in total. The van der Waals surface area contributed by atoms with Gasteiger partial charge in [-0.2, -0.15) is 0 Å². The first-order valence-electron chi connectivity index (χ1n) is 9.54. The van der Waals surface area contributed by atoms with Crippen LogP contribution in [0.5, 0.6) is 5.75 Å². The number of nitrogens with one attached hydrogen (secondary N) is 1. The van der Waals surface area contributed by atoms with E-state index in [1.807, 2.05) is 26.0 Å². The minimum atomic E-state index is 0.391. The predicted molar refractivity (Wildman–Crippen MR) is 98.8 cm³/mol. The highest BCUT2D eigenvalue weighted by atomic mass is 16.5. The molecule has 0 spiro atoms. The Bertz CT molecular complexity index is 647. The third kappa shape index (κ3) is 2.99. The van der Waals surface area contributed by atoms with Crippen molar-refractivity contribution < 1.29 is 9.84 Å². The molecular weight excluding hydrogens is 314 g/mol. The van der Waals surface area contributed by atoms with Crippen molar-refractivity contribution in [3.63, 3.8) is 0 Å². The number of nitrogens with zero attached hydrogens (tertiary/aromatic N) is 2. The van der Waals surface area contributed by atoms with Gasteiger partial charge in [-0.3, -0.25) is 0 Å². The Morgan fingerprint density at radius 1 is 1.20 bits per heavy atom. The fourth-order valence-electron chi connectivity index (χ4n) is 4.86. The molecule has 3 aliphatic heterocycles. The van der Waals surface area contributed by atoms with E-state index in [1.165, 1.54) is 12.8 Å². The van der Waals surface area contributed by atoms with Crippen LogP contribution in [0.25, 0.3) is 0 Å². The Balaban J connectivity index is 1.49. The summed E-state index contributed by atoms with van der Waals surface area (Å²) < 4.78 is 6.08. The van der Waals surface area contributed by atoms with Gasteiger partial charge in [0.15, 0.2) is 5.96 Å². The minimum absolute atomic E-state index is 0.391. The summed E-state index contributed by atoms with van der Waals surface area (Å²) in [6.07, 6.45) is 3.43. The molecule has 0 saturated carbocycles. The van der Waals surface area contributed by atoms with Gasteiger partial charge in [0.2, 0.25) is 0 Å². The van der Waals surface area contributed by atoms with Crippen molar-refractivity contribution in [2.75, 3.05) is 19.6 Å². The first-order valence-corrected chi connectivity index (χ1v) is 9.54. The van der Waals surface area contributed by atoms with Crippen LogP contribution in [0.1, 0.15) is 36.5 Å². The Labute approximate surface area is 150 Å². The van der Waals surface area contributed by atoms with Crippen LogP contribution in [0, 0.1) is 25.7 Å². The smallest absolute Gasteiger partial charge is 0.194 e. The van der Waals surface area contributed by atoms with Crippen molar-refractivity contribution >= 4 is 5.96 Å². The fraction of sp³-hybridized carbons (Fsp3) is 0.650. The number of fused-ring (bicyclic) bond motifs is 5. The molecule has 0 aromatic heterocycles. The van der Waals surface area contributed by atoms with Gasteiger partial charge in [-0.05, 0) is 50.3 Å². The second-order valence-electron chi connectivity index (χ2n) is 7.77. The predicted octanol–water partition coefficient (Wildman–Crippen LogP) is 2.58. The molecule has 1 aromatic carbocycles. The quantitative estimate of drug-likeness (QED) is 0.654. The molecule has 0 aliphatic carbocycles. The number of likely N-dealkylation sites (tertiary alicyclic amines) is 1. The molecule has 0 amide bonds. The number of aliphatic imine (C=N–C) groups is 1. The van der Waals surface area contributed by atoms with Crippen LogP contribution in [-0.4, -0.2) is 47.8 Å². The molecule has 0 radical (unpaired) electrons. The van der Waals surface area contributed by atoms with Crippen molar-refractivity contribution in [3.05, 3.63) is 28.8 Å². The highest BCUT2D eigenvalue weighted by molar-refractivity contribution is 5.80. The van der Waals surface area contributed by atoms with E-state index in [4.69, 9.17) is 9.73 Å². The average Bonchev–Trinajstić information content (AvgIpc) is 3.28. The van der Waals surface area contributed by atoms with Crippen LogP contribution in [0.3, 0.4) is 0 Å². The van der Waals surface area contributed by atoms with Crippen LogP contribution in [0.4, 0.5) is 0 Å². The SMILES string of the molecule is CCNC(=NCc1cc(C)c(O)c(C)c1)N1CC2C3CCC(O3)C2C1. The topological polar surface area (TPSA) is 57.1 Å². The number of phenols is 1. The van der Waals surface area contributed by atoms with Gasteiger partial charge in [0.05, 0.1) is 18.8 Å². The molecule has 4 atom stereocenters. The minimum Gasteiger partial charge on any atom is -0.507 e. The summed E-state index contributed by atoms with van der Waals surface area (Å²) in [6, 6.07) is 4.06. The molecule has 3 fully saturated rings. The average molecular weight is 343 g/mol. The zero-order chi connectivity index (χ0) is 17.6. The normalized spacial score (nSPS) is 30.8. The van der Waals surface area contributed by atoms with Crippen molar-refractivity contribution in [3.8, 4) is 5.75 Å². The van der Waals surface area contributed by atoms with Gasteiger partial charge in [0.25, 0.3) is 0 Å². The maximum absolute atomic E-state index is 9.94. The van der Waals surface area contributed by atoms with Gasteiger partial charge in [0, 0.05) is 31.5 Å². The number of hydrogen-bond acceptors (Lipinski definition) is 3. The Morgan fingerprint density at radius 2 is 1.80 bits per heavy atom. The summed E-state index contributed by atoms with van der Waals surface area (Å²) in [5.41, 5.74) is 2.98. The molecule has 5 nitrogen and oxygen atoms in total. The second kappa shape index (κ2) is 6.52. The summed E-state index contributed by atoms with van der Waals surface area (Å²) in [5, 5.41) is 13.4. The summed E-state index contributed by atoms with van der Waals surface area (Å²) in [5.74, 6) is 2.77. The number of aromatic hydroxyl groups is 1. The number of benzene rings is 1. The van der Waals surface area contributed by atoms with E-state index in [0.29, 0.717) is 36.3 Å². The van der Waals surface area contributed by atoms with Gasteiger partial charge in [-0.1, -0.05) is 12.1 Å². The molecule has 3 heterocycles. The summed E-state index contributed by atoms with van der Waals surface area (Å²) >= 11 is 0. The number of ether oxygens (including phenoxy) is 1. The summed E-state index contributed by atoms with van der Waals surface area (Å²) in [4.78, 5) is 7.31. The molecule has 4 unspecified atom stereocenters. The standard InChI is InChI=1S/C20H29N3O2/c1-4-21-20(22-9-14-7-12(2)19(24)13(3)8-14)23-10-15-16(11-23)18-6-5-17(15)25-18/h7-8,15-18,24H,4-6,9-11H2,1-3H3,(H,21,22). The molecular formula is C20H29N3O2. The number of guanidine groups is 1. The molecule has 3 aliphatic rings. The van der Waals surface area contributed by atoms with Crippen LogP contribution < -0.4 is 5.32 Å². The van der Waals surface area contributed by atoms with Crippen molar-refractivity contribution in [2.24, 2.45) is 16.8 Å². The molecule has 25 heavy (non-hydrogen) atoms. The monoisotopic (exact) mass is 343 g/mol. The third-order valence-corrected chi connectivity index (χ3v) is 6.05. The van der Waals surface area contributed by atoms with E-state index in [2.05, 4.69) is 17.1 Å². The summed E-state index contributed by atoms with van der Waals surface area (Å²) in [6.45, 7) is 9.64. The number of hydrogen-bond donors (Lipinski definition) is 2. The van der Waals surface area contributed by atoms with Crippen molar-refractivity contribution in [1.82, 2.24) is 10.2 Å². The van der Waals surface area contributed by atoms with E-state index in [1.54, 1.807) is 0 Å². The van der Waals surface area contributed by atoms with E-state index in [9.17, 15) is 5.11 Å². The zero-order valence-corrected chi connectivity index (χ0v) is 15.5. The molecule has 3 saturated heterocycles. The lowest BCUT2D eigenvalue weighted by molar-refractivity contribution is 0.0767. The molecule has 1 aromatic rings. The maximum Gasteiger partial charge on any atom is 0.194 e. The maximum atomic E-state index is 9.94. The van der Waals surface area contributed by atoms with Gasteiger partial charge in [-0.15, -0.1) is 0 Å². The highest BCUT2D eigenvalue weighted by Crippen LogP contribution is 2.47.